The highest BCUT2D eigenvalue weighted by atomic mass is 16.2. The van der Waals surface area contributed by atoms with Crippen LogP contribution in [-0.2, 0) is 13.0 Å². The molecule has 0 aliphatic carbocycles. The van der Waals surface area contributed by atoms with E-state index in [9.17, 15) is 9.59 Å². The Labute approximate surface area is 157 Å². The molecular formula is C22H19N3O2. The first-order chi connectivity index (χ1) is 13.2. The summed E-state index contributed by atoms with van der Waals surface area (Å²) < 4.78 is 0. The molecule has 1 aliphatic heterocycles. The van der Waals surface area contributed by atoms with Crippen molar-refractivity contribution in [1.82, 2.24) is 9.88 Å². The van der Waals surface area contributed by atoms with E-state index < -0.39 is 0 Å². The third-order valence-corrected chi connectivity index (χ3v) is 4.69. The van der Waals surface area contributed by atoms with Gasteiger partial charge in [-0.2, -0.15) is 0 Å². The summed E-state index contributed by atoms with van der Waals surface area (Å²) in [6.45, 7) is 1.26. The van der Waals surface area contributed by atoms with Crippen LogP contribution in [0.4, 0.5) is 5.69 Å². The molecule has 5 nitrogen and oxygen atoms in total. The maximum atomic E-state index is 12.9. The van der Waals surface area contributed by atoms with E-state index in [2.05, 4.69) is 22.4 Å². The van der Waals surface area contributed by atoms with Gasteiger partial charge in [0.05, 0.1) is 0 Å². The molecule has 1 N–H and O–H groups in total. The summed E-state index contributed by atoms with van der Waals surface area (Å²) in [5, 5.41) is 2.79. The molecule has 0 fully saturated rings. The van der Waals surface area contributed by atoms with Crippen LogP contribution in [0, 0.1) is 0 Å². The number of benzene rings is 2. The van der Waals surface area contributed by atoms with E-state index in [4.69, 9.17) is 0 Å². The van der Waals surface area contributed by atoms with Gasteiger partial charge in [0.15, 0.2) is 0 Å². The summed E-state index contributed by atoms with van der Waals surface area (Å²) in [5.74, 6) is -0.416. The standard InChI is InChI=1S/C22H19N3O2/c26-21(24-19-8-2-1-3-9-19)20-14-17(10-12-23-20)22(27)25-13-11-16-6-4-5-7-18(16)15-25/h1-10,12,14H,11,13,15H2,(H,24,26). The second-order valence-electron chi connectivity index (χ2n) is 6.50. The summed E-state index contributed by atoms with van der Waals surface area (Å²) in [6, 6.07) is 20.6. The summed E-state index contributed by atoms with van der Waals surface area (Å²) in [7, 11) is 0. The van der Waals surface area contributed by atoms with E-state index in [0.717, 1.165) is 6.42 Å². The molecule has 1 aromatic heterocycles. The Morgan fingerprint density at radius 1 is 0.926 bits per heavy atom. The number of fused-ring (bicyclic) bond motifs is 1. The quantitative estimate of drug-likeness (QED) is 0.780. The molecular weight excluding hydrogens is 338 g/mol. The molecule has 1 aliphatic rings. The van der Waals surface area contributed by atoms with E-state index in [1.807, 2.05) is 35.2 Å². The van der Waals surface area contributed by atoms with Gasteiger partial charge >= 0.3 is 0 Å². The fourth-order valence-corrected chi connectivity index (χ4v) is 3.26. The zero-order chi connectivity index (χ0) is 18.6. The molecule has 0 unspecified atom stereocenters. The van der Waals surface area contributed by atoms with Crippen LogP contribution >= 0.6 is 0 Å². The van der Waals surface area contributed by atoms with E-state index in [1.54, 1.807) is 24.3 Å². The van der Waals surface area contributed by atoms with Crippen LogP contribution in [0.25, 0.3) is 0 Å². The van der Waals surface area contributed by atoms with Crippen molar-refractivity contribution in [2.45, 2.75) is 13.0 Å². The van der Waals surface area contributed by atoms with Crippen LogP contribution in [0.15, 0.2) is 72.9 Å². The van der Waals surface area contributed by atoms with Crippen molar-refractivity contribution in [3.63, 3.8) is 0 Å². The van der Waals surface area contributed by atoms with Gasteiger partial charge in [-0.1, -0.05) is 42.5 Å². The summed E-state index contributed by atoms with van der Waals surface area (Å²) in [6.07, 6.45) is 2.35. The topological polar surface area (TPSA) is 62.3 Å². The number of hydrogen-bond donors (Lipinski definition) is 1. The Hall–Kier alpha value is -3.47. The number of anilines is 1. The zero-order valence-corrected chi connectivity index (χ0v) is 14.8. The van der Waals surface area contributed by atoms with Gasteiger partial charge in [0.2, 0.25) is 0 Å². The van der Waals surface area contributed by atoms with Crippen molar-refractivity contribution >= 4 is 17.5 Å². The zero-order valence-electron chi connectivity index (χ0n) is 14.8. The Morgan fingerprint density at radius 3 is 2.48 bits per heavy atom. The van der Waals surface area contributed by atoms with Crippen molar-refractivity contribution in [2.24, 2.45) is 0 Å². The third-order valence-electron chi connectivity index (χ3n) is 4.69. The SMILES string of the molecule is O=C(Nc1ccccc1)c1cc(C(=O)N2CCc3ccccc3C2)ccn1. The number of carbonyl (C=O) groups is 2. The average Bonchev–Trinajstić information content (AvgIpc) is 2.73. The van der Waals surface area contributed by atoms with Crippen molar-refractivity contribution in [3.05, 3.63) is 95.3 Å². The number of nitrogens with one attached hydrogen (secondary N) is 1. The summed E-state index contributed by atoms with van der Waals surface area (Å²) in [5.41, 5.74) is 3.85. The monoisotopic (exact) mass is 357 g/mol. The number of nitrogens with zero attached hydrogens (tertiary/aromatic N) is 2. The maximum Gasteiger partial charge on any atom is 0.274 e. The molecule has 3 aromatic rings. The van der Waals surface area contributed by atoms with Crippen molar-refractivity contribution in [2.75, 3.05) is 11.9 Å². The van der Waals surface area contributed by atoms with Crippen LogP contribution in [-0.4, -0.2) is 28.2 Å². The second kappa shape index (κ2) is 7.41. The number of amides is 2. The molecule has 0 radical (unpaired) electrons. The molecule has 2 heterocycles. The van der Waals surface area contributed by atoms with Gasteiger partial charge in [0, 0.05) is 30.5 Å². The van der Waals surface area contributed by atoms with Crippen molar-refractivity contribution in [1.29, 1.82) is 0 Å². The minimum absolute atomic E-state index is 0.0827. The molecule has 0 saturated carbocycles. The van der Waals surface area contributed by atoms with Crippen LogP contribution in [0.1, 0.15) is 32.0 Å². The lowest BCUT2D eigenvalue weighted by Crippen LogP contribution is -2.36. The second-order valence-corrected chi connectivity index (χ2v) is 6.50. The molecule has 0 spiro atoms. The number of aromatic nitrogens is 1. The van der Waals surface area contributed by atoms with Gasteiger partial charge in [0.25, 0.3) is 11.8 Å². The van der Waals surface area contributed by atoms with Gasteiger partial charge < -0.3 is 10.2 Å². The minimum atomic E-state index is -0.333. The highest BCUT2D eigenvalue weighted by Gasteiger charge is 2.22. The highest BCUT2D eigenvalue weighted by Crippen LogP contribution is 2.20. The normalized spacial score (nSPS) is 13.0. The maximum absolute atomic E-state index is 12.9. The lowest BCUT2D eigenvalue weighted by Gasteiger charge is -2.29. The van der Waals surface area contributed by atoms with Crippen LogP contribution in [0.2, 0.25) is 0 Å². The van der Waals surface area contributed by atoms with Crippen LogP contribution < -0.4 is 5.32 Å². The Morgan fingerprint density at radius 2 is 1.67 bits per heavy atom. The third kappa shape index (κ3) is 3.72. The summed E-state index contributed by atoms with van der Waals surface area (Å²) in [4.78, 5) is 31.3. The lowest BCUT2D eigenvalue weighted by atomic mass is 9.99. The average molecular weight is 357 g/mol. The molecule has 2 amide bonds. The van der Waals surface area contributed by atoms with Crippen LogP contribution in [0.3, 0.4) is 0 Å². The summed E-state index contributed by atoms with van der Waals surface area (Å²) >= 11 is 0. The van der Waals surface area contributed by atoms with E-state index in [-0.39, 0.29) is 17.5 Å². The number of para-hydroxylation sites is 1. The van der Waals surface area contributed by atoms with Gasteiger partial charge in [-0.3, -0.25) is 14.6 Å². The van der Waals surface area contributed by atoms with Crippen LogP contribution in [0.5, 0.6) is 0 Å². The predicted molar refractivity (Wildman–Crippen MR) is 104 cm³/mol. The Bertz CT molecular complexity index is 986. The molecule has 134 valence electrons. The number of carbonyl (C=O) groups excluding carboxylic acids is 2. The molecule has 2 aromatic carbocycles. The predicted octanol–water partition coefficient (Wildman–Crippen LogP) is 3.53. The first kappa shape index (κ1) is 17.0. The van der Waals surface area contributed by atoms with E-state index in [1.165, 1.54) is 17.3 Å². The molecule has 5 heteroatoms. The fourth-order valence-electron chi connectivity index (χ4n) is 3.26. The Kier molecular flexibility index (Phi) is 4.66. The van der Waals surface area contributed by atoms with Crippen molar-refractivity contribution in [3.8, 4) is 0 Å². The first-order valence-corrected chi connectivity index (χ1v) is 8.89. The van der Waals surface area contributed by atoms with Crippen molar-refractivity contribution < 1.29 is 9.59 Å². The highest BCUT2D eigenvalue weighted by molar-refractivity contribution is 6.04. The van der Waals surface area contributed by atoms with E-state index >= 15 is 0 Å². The molecule has 0 atom stereocenters. The lowest BCUT2D eigenvalue weighted by molar-refractivity contribution is 0.0734. The minimum Gasteiger partial charge on any atom is -0.334 e. The molecule has 27 heavy (non-hydrogen) atoms. The van der Waals surface area contributed by atoms with Gasteiger partial charge in [0.1, 0.15) is 5.69 Å². The number of pyridine rings is 1. The smallest absolute Gasteiger partial charge is 0.274 e. The Balaban J connectivity index is 1.50. The molecule has 0 bridgehead atoms. The van der Waals surface area contributed by atoms with Gasteiger partial charge in [-0.15, -0.1) is 0 Å². The first-order valence-electron chi connectivity index (χ1n) is 8.89. The van der Waals surface area contributed by atoms with E-state index in [0.29, 0.717) is 24.3 Å². The van der Waals surface area contributed by atoms with Gasteiger partial charge in [-0.05, 0) is 41.8 Å². The van der Waals surface area contributed by atoms with Gasteiger partial charge in [-0.25, -0.2) is 0 Å². The fraction of sp³-hybridized carbons (Fsp3) is 0.136. The largest absolute Gasteiger partial charge is 0.334 e. The molecule has 0 saturated heterocycles. The number of hydrogen-bond acceptors (Lipinski definition) is 3. The number of rotatable bonds is 3. The molecule has 4 rings (SSSR count).